The van der Waals surface area contributed by atoms with Gasteiger partial charge in [0.05, 0.1) is 11.4 Å². The standard InChI is InChI=1S/C12H16BrNOS/c1-8-5-14(6-9(8)2)7-11(15)12-10(13)3-4-16-12/h3-4,8-9H,5-7H2,1-2H3. The summed E-state index contributed by atoms with van der Waals surface area (Å²) in [5, 5.41) is 1.95. The minimum Gasteiger partial charge on any atom is -0.295 e. The summed E-state index contributed by atoms with van der Waals surface area (Å²) in [6.45, 7) is 7.19. The molecule has 88 valence electrons. The largest absolute Gasteiger partial charge is 0.295 e. The molecule has 0 spiro atoms. The normalized spacial score (nSPS) is 26.2. The number of Topliss-reactive ketones (excluding diaryl/α,β-unsaturated/α-hetero) is 1. The van der Waals surface area contributed by atoms with Gasteiger partial charge in [-0.05, 0) is 39.2 Å². The monoisotopic (exact) mass is 301 g/mol. The van der Waals surface area contributed by atoms with E-state index in [0.29, 0.717) is 18.4 Å². The van der Waals surface area contributed by atoms with Crippen LogP contribution in [0.1, 0.15) is 23.5 Å². The van der Waals surface area contributed by atoms with E-state index in [0.717, 1.165) is 22.4 Å². The number of hydrogen-bond donors (Lipinski definition) is 0. The average molecular weight is 302 g/mol. The Kier molecular flexibility index (Phi) is 3.82. The third kappa shape index (κ3) is 2.55. The summed E-state index contributed by atoms with van der Waals surface area (Å²) in [5.74, 6) is 1.65. The molecule has 2 nitrogen and oxygen atoms in total. The van der Waals surface area contributed by atoms with Crippen molar-refractivity contribution in [2.75, 3.05) is 19.6 Å². The van der Waals surface area contributed by atoms with Crippen LogP contribution >= 0.6 is 27.3 Å². The summed E-state index contributed by atoms with van der Waals surface area (Å²) < 4.78 is 0.933. The molecule has 0 amide bonds. The third-order valence-electron chi connectivity index (χ3n) is 3.30. The van der Waals surface area contributed by atoms with Crippen molar-refractivity contribution >= 4 is 33.0 Å². The van der Waals surface area contributed by atoms with Crippen LogP contribution in [0.5, 0.6) is 0 Å². The van der Waals surface area contributed by atoms with E-state index >= 15 is 0 Å². The summed E-state index contributed by atoms with van der Waals surface area (Å²) >= 11 is 4.93. The van der Waals surface area contributed by atoms with Crippen LogP contribution in [0, 0.1) is 11.8 Å². The molecule has 0 saturated carbocycles. The lowest BCUT2D eigenvalue weighted by Crippen LogP contribution is -2.27. The van der Waals surface area contributed by atoms with Crippen molar-refractivity contribution in [2.24, 2.45) is 11.8 Å². The Hall–Kier alpha value is -0.190. The molecule has 16 heavy (non-hydrogen) atoms. The molecule has 1 aromatic rings. The van der Waals surface area contributed by atoms with Gasteiger partial charge >= 0.3 is 0 Å². The van der Waals surface area contributed by atoms with Crippen LogP contribution in [0.3, 0.4) is 0 Å². The maximum absolute atomic E-state index is 12.0. The van der Waals surface area contributed by atoms with Crippen LogP contribution in [-0.2, 0) is 0 Å². The van der Waals surface area contributed by atoms with Crippen molar-refractivity contribution in [2.45, 2.75) is 13.8 Å². The van der Waals surface area contributed by atoms with E-state index in [-0.39, 0.29) is 5.78 Å². The minimum absolute atomic E-state index is 0.239. The molecule has 1 saturated heterocycles. The lowest BCUT2D eigenvalue weighted by atomic mass is 10.0. The molecule has 0 radical (unpaired) electrons. The predicted molar refractivity (Wildman–Crippen MR) is 71.1 cm³/mol. The zero-order valence-electron chi connectivity index (χ0n) is 9.57. The van der Waals surface area contributed by atoms with Crippen molar-refractivity contribution in [3.8, 4) is 0 Å². The van der Waals surface area contributed by atoms with Crippen molar-refractivity contribution in [3.63, 3.8) is 0 Å². The molecule has 1 aromatic heterocycles. The third-order valence-corrected chi connectivity index (χ3v) is 5.18. The first-order chi connectivity index (χ1) is 7.58. The SMILES string of the molecule is CC1CN(CC(=O)c2sccc2Br)CC1C. The van der Waals surface area contributed by atoms with Crippen molar-refractivity contribution in [1.82, 2.24) is 4.90 Å². The van der Waals surface area contributed by atoms with Crippen LogP contribution in [0.2, 0.25) is 0 Å². The van der Waals surface area contributed by atoms with Crippen LogP contribution in [0.15, 0.2) is 15.9 Å². The number of carbonyl (C=O) groups is 1. The number of nitrogens with zero attached hydrogens (tertiary/aromatic N) is 1. The smallest absolute Gasteiger partial charge is 0.187 e. The second-order valence-electron chi connectivity index (χ2n) is 4.67. The van der Waals surface area contributed by atoms with Crippen LogP contribution in [-0.4, -0.2) is 30.3 Å². The maximum atomic E-state index is 12.0. The molecule has 2 rings (SSSR count). The van der Waals surface area contributed by atoms with E-state index in [9.17, 15) is 4.79 Å². The number of halogens is 1. The molecule has 2 atom stereocenters. The first kappa shape index (κ1) is 12.3. The molecule has 0 aliphatic carbocycles. The van der Waals surface area contributed by atoms with Crippen molar-refractivity contribution in [1.29, 1.82) is 0 Å². The molecule has 0 N–H and O–H groups in total. The van der Waals surface area contributed by atoms with Crippen LogP contribution < -0.4 is 0 Å². The van der Waals surface area contributed by atoms with Crippen LogP contribution in [0.25, 0.3) is 0 Å². The Morgan fingerprint density at radius 2 is 2.12 bits per heavy atom. The summed E-state index contributed by atoms with van der Waals surface area (Å²) in [7, 11) is 0. The Morgan fingerprint density at radius 3 is 2.62 bits per heavy atom. The zero-order valence-corrected chi connectivity index (χ0v) is 12.0. The van der Waals surface area contributed by atoms with Crippen molar-refractivity contribution < 1.29 is 4.79 Å². The highest BCUT2D eigenvalue weighted by molar-refractivity contribution is 9.10. The van der Waals surface area contributed by atoms with E-state index < -0.39 is 0 Å². The van der Waals surface area contributed by atoms with E-state index in [2.05, 4.69) is 34.7 Å². The highest BCUT2D eigenvalue weighted by Crippen LogP contribution is 2.26. The van der Waals surface area contributed by atoms with E-state index in [4.69, 9.17) is 0 Å². The van der Waals surface area contributed by atoms with Crippen LogP contribution in [0.4, 0.5) is 0 Å². The molecule has 1 fully saturated rings. The number of carbonyl (C=O) groups excluding carboxylic acids is 1. The Morgan fingerprint density at radius 1 is 1.50 bits per heavy atom. The summed E-state index contributed by atoms with van der Waals surface area (Å²) in [5.41, 5.74) is 0. The fraction of sp³-hybridized carbons (Fsp3) is 0.583. The summed E-state index contributed by atoms with van der Waals surface area (Å²) in [6, 6.07) is 1.94. The minimum atomic E-state index is 0.239. The van der Waals surface area contributed by atoms with E-state index in [1.54, 1.807) is 0 Å². The number of thiophene rings is 1. The fourth-order valence-electron chi connectivity index (χ4n) is 2.15. The fourth-order valence-corrected chi connectivity index (χ4v) is 3.67. The highest BCUT2D eigenvalue weighted by atomic mass is 79.9. The Labute approximate surface area is 109 Å². The van der Waals surface area contributed by atoms with Gasteiger partial charge in [-0.1, -0.05) is 13.8 Å². The van der Waals surface area contributed by atoms with Gasteiger partial charge in [0.2, 0.25) is 0 Å². The first-order valence-corrected chi connectivity index (χ1v) is 7.23. The summed E-state index contributed by atoms with van der Waals surface area (Å²) in [6.07, 6.45) is 0. The molecule has 2 heterocycles. The van der Waals surface area contributed by atoms with Gasteiger partial charge in [0, 0.05) is 17.6 Å². The molecule has 0 bridgehead atoms. The summed E-state index contributed by atoms with van der Waals surface area (Å²) in [4.78, 5) is 15.2. The molecule has 2 unspecified atom stereocenters. The first-order valence-electron chi connectivity index (χ1n) is 5.56. The number of rotatable bonds is 3. The van der Waals surface area contributed by atoms with Gasteiger partial charge in [-0.2, -0.15) is 0 Å². The second-order valence-corrected chi connectivity index (χ2v) is 6.44. The number of likely N-dealkylation sites (tertiary alicyclic amines) is 1. The molecular formula is C12H16BrNOS. The van der Waals surface area contributed by atoms with Crippen molar-refractivity contribution in [3.05, 3.63) is 20.8 Å². The lowest BCUT2D eigenvalue weighted by molar-refractivity contribution is 0.0946. The Bertz CT molecular complexity index is 380. The average Bonchev–Trinajstić information content (AvgIpc) is 2.74. The second kappa shape index (κ2) is 4.98. The topological polar surface area (TPSA) is 20.3 Å². The van der Waals surface area contributed by atoms with Gasteiger partial charge in [0.15, 0.2) is 5.78 Å². The maximum Gasteiger partial charge on any atom is 0.187 e. The van der Waals surface area contributed by atoms with E-state index in [1.165, 1.54) is 11.3 Å². The number of ketones is 1. The number of hydrogen-bond acceptors (Lipinski definition) is 3. The predicted octanol–water partition coefficient (Wildman–Crippen LogP) is 3.28. The van der Waals surface area contributed by atoms with Gasteiger partial charge in [0.25, 0.3) is 0 Å². The van der Waals surface area contributed by atoms with E-state index in [1.807, 2.05) is 11.4 Å². The van der Waals surface area contributed by atoms with Gasteiger partial charge < -0.3 is 0 Å². The van der Waals surface area contributed by atoms with Gasteiger partial charge in [-0.3, -0.25) is 9.69 Å². The molecule has 1 aliphatic heterocycles. The highest BCUT2D eigenvalue weighted by Gasteiger charge is 2.27. The van der Waals surface area contributed by atoms with Gasteiger partial charge in [0.1, 0.15) is 0 Å². The molecule has 4 heteroatoms. The zero-order chi connectivity index (χ0) is 11.7. The molecule has 0 aromatic carbocycles. The van der Waals surface area contributed by atoms with Gasteiger partial charge in [-0.15, -0.1) is 11.3 Å². The lowest BCUT2D eigenvalue weighted by Gasteiger charge is -2.13. The molecular weight excluding hydrogens is 286 g/mol. The van der Waals surface area contributed by atoms with Gasteiger partial charge in [-0.25, -0.2) is 0 Å². The molecule has 1 aliphatic rings. The quantitative estimate of drug-likeness (QED) is 0.799. The Balaban J connectivity index is 1.96.